The number of hydrogen-bond donors (Lipinski definition) is 0. The first kappa shape index (κ1) is 20.4. The van der Waals surface area contributed by atoms with Crippen LogP contribution in [0.25, 0.3) is 0 Å². The maximum absolute atomic E-state index is 12.6. The van der Waals surface area contributed by atoms with E-state index < -0.39 is 6.10 Å². The number of nitrogens with zero attached hydrogens (tertiary/aromatic N) is 1. The summed E-state index contributed by atoms with van der Waals surface area (Å²) >= 11 is 0. The lowest BCUT2D eigenvalue weighted by Crippen LogP contribution is -2.33. The Bertz CT molecular complexity index is 581. The zero-order chi connectivity index (χ0) is 18.8. The summed E-state index contributed by atoms with van der Waals surface area (Å²) in [4.78, 5) is 26.4. The Kier molecular flexibility index (Phi) is 8.62. The van der Waals surface area contributed by atoms with Crippen molar-refractivity contribution in [2.24, 2.45) is 0 Å². The van der Waals surface area contributed by atoms with E-state index in [2.05, 4.69) is 11.8 Å². The Hall–Kier alpha value is -1.88. The van der Waals surface area contributed by atoms with Crippen LogP contribution in [0.1, 0.15) is 74.4 Å². The Morgan fingerprint density at radius 3 is 2.58 bits per heavy atom. The molecule has 0 spiro atoms. The van der Waals surface area contributed by atoms with Gasteiger partial charge in [-0.2, -0.15) is 0 Å². The number of benzene rings is 1. The summed E-state index contributed by atoms with van der Waals surface area (Å²) in [7, 11) is 0. The first-order chi connectivity index (χ1) is 12.6. The molecule has 144 valence electrons. The van der Waals surface area contributed by atoms with Gasteiger partial charge >= 0.3 is 11.9 Å². The normalized spacial score (nSPS) is 16.1. The molecule has 0 N–H and O–H groups in total. The predicted molar refractivity (Wildman–Crippen MR) is 101 cm³/mol. The number of unbranched alkanes of at least 4 members (excludes halogenated alkanes) is 1. The van der Waals surface area contributed by atoms with Crippen LogP contribution in [0, 0.1) is 0 Å². The van der Waals surface area contributed by atoms with Crippen molar-refractivity contribution in [1.29, 1.82) is 0 Å². The number of carbonyl (C=O) groups excluding carboxylic acids is 2. The third-order valence-corrected chi connectivity index (χ3v) is 4.75. The first-order valence-corrected chi connectivity index (χ1v) is 9.77. The fraction of sp³-hybridized carbons (Fsp3) is 0.619. The summed E-state index contributed by atoms with van der Waals surface area (Å²) in [6.07, 6.45) is 5.96. The summed E-state index contributed by atoms with van der Waals surface area (Å²) in [6, 6.07) is 7.28. The molecule has 0 aromatic heterocycles. The fourth-order valence-electron chi connectivity index (χ4n) is 3.36. The molecular weight excluding hydrogens is 330 g/mol. The van der Waals surface area contributed by atoms with Crippen molar-refractivity contribution in [1.82, 2.24) is 4.90 Å². The molecule has 26 heavy (non-hydrogen) atoms. The molecule has 1 aliphatic rings. The zero-order valence-electron chi connectivity index (χ0n) is 16.0. The highest BCUT2D eigenvalue weighted by Crippen LogP contribution is 2.27. The highest BCUT2D eigenvalue weighted by Gasteiger charge is 2.22. The van der Waals surface area contributed by atoms with Crippen LogP contribution < -0.4 is 0 Å². The highest BCUT2D eigenvalue weighted by molar-refractivity contribution is 5.91. The maximum atomic E-state index is 12.6. The Labute approximate surface area is 156 Å². The van der Waals surface area contributed by atoms with Gasteiger partial charge in [-0.05, 0) is 44.8 Å². The van der Waals surface area contributed by atoms with E-state index in [9.17, 15) is 9.59 Å². The van der Waals surface area contributed by atoms with Gasteiger partial charge in [0, 0.05) is 19.0 Å². The quantitative estimate of drug-likeness (QED) is 0.619. The second-order valence-electron chi connectivity index (χ2n) is 6.87. The lowest BCUT2D eigenvalue weighted by Gasteiger charge is -2.26. The molecule has 1 heterocycles. The standard InChI is InChI=1S/C21H31NO4/c1-3-4-12-20(26-17(2)23)18-10-6-7-11-19(18)21(24)25-16-15-22-13-8-5-9-14-22/h6-7,10-11,20H,3-5,8-9,12-16H2,1-2H3. The van der Waals surface area contributed by atoms with Gasteiger partial charge in [0.1, 0.15) is 12.7 Å². The van der Waals surface area contributed by atoms with Crippen molar-refractivity contribution >= 4 is 11.9 Å². The van der Waals surface area contributed by atoms with Gasteiger partial charge in [-0.25, -0.2) is 4.79 Å². The van der Waals surface area contributed by atoms with Crippen molar-refractivity contribution in [3.63, 3.8) is 0 Å². The number of ether oxygens (including phenoxy) is 2. The molecule has 1 saturated heterocycles. The maximum Gasteiger partial charge on any atom is 0.338 e. The Balaban J connectivity index is 2.00. The van der Waals surface area contributed by atoms with E-state index in [4.69, 9.17) is 9.47 Å². The van der Waals surface area contributed by atoms with Gasteiger partial charge in [-0.15, -0.1) is 0 Å². The van der Waals surface area contributed by atoms with Crippen LogP contribution in [0.5, 0.6) is 0 Å². The van der Waals surface area contributed by atoms with Crippen LogP contribution in [0.2, 0.25) is 0 Å². The van der Waals surface area contributed by atoms with Gasteiger partial charge in [-0.1, -0.05) is 38.0 Å². The van der Waals surface area contributed by atoms with Crippen LogP contribution in [-0.2, 0) is 14.3 Å². The molecule has 1 atom stereocenters. The van der Waals surface area contributed by atoms with E-state index in [-0.39, 0.29) is 11.9 Å². The van der Waals surface area contributed by atoms with Crippen LogP contribution in [-0.4, -0.2) is 43.1 Å². The van der Waals surface area contributed by atoms with Crippen molar-refractivity contribution in [3.8, 4) is 0 Å². The molecule has 1 aromatic rings. The number of hydrogen-bond acceptors (Lipinski definition) is 5. The SMILES string of the molecule is CCCCC(OC(C)=O)c1ccccc1C(=O)OCCN1CCCCC1. The number of piperidine rings is 1. The molecular formula is C21H31NO4. The Morgan fingerprint density at radius 2 is 1.88 bits per heavy atom. The van der Waals surface area contributed by atoms with Crippen LogP contribution >= 0.6 is 0 Å². The number of carbonyl (C=O) groups is 2. The molecule has 1 aliphatic heterocycles. The molecule has 0 saturated carbocycles. The molecule has 5 heteroatoms. The van der Waals surface area contributed by atoms with E-state index in [1.165, 1.54) is 26.2 Å². The van der Waals surface area contributed by atoms with Crippen molar-refractivity contribution in [2.75, 3.05) is 26.2 Å². The monoisotopic (exact) mass is 361 g/mol. The highest BCUT2D eigenvalue weighted by atomic mass is 16.5. The predicted octanol–water partition coefficient (Wildman–Crippen LogP) is 4.12. The van der Waals surface area contributed by atoms with Crippen molar-refractivity contribution in [2.45, 2.75) is 58.5 Å². The third-order valence-electron chi connectivity index (χ3n) is 4.75. The summed E-state index contributed by atoms with van der Waals surface area (Å²) in [5.41, 5.74) is 1.23. The minimum Gasteiger partial charge on any atom is -0.461 e. The van der Waals surface area contributed by atoms with Crippen LogP contribution in [0.15, 0.2) is 24.3 Å². The van der Waals surface area contributed by atoms with E-state index >= 15 is 0 Å². The van der Waals surface area contributed by atoms with Crippen molar-refractivity contribution in [3.05, 3.63) is 35.4 Å². The van der Waals surface area contributed by atoms with Crippen molar-refractivity contribution < 1.29 is 19.1 Å². The Morgan fingerprint density at radius 1 is 1.15 bits per heavy atom. The largest absolute Gasteiger partial charge is 0.461 e. The van der Waals surface area contributed by atoms with Gasteiger partial charge in [0.25, 0.3) is 0 Å². The summed E-state index contributed by atoms with van der Waals surface area (Å²) in [5, 5.41) is 0. The van der Waals surface area contributed by atoms with Gasteiger partial charge in [0.15, 0.2) is 0 Å². The number of likely N-dealkylation sites (tertiary alicyclic amines) is 1. The second-order valence-corrected chi connectivity index (χ2v) is 6.87. The van der Waals surface area contributed by atoms with Gasteiger partial charge < -0.3 is 9.47 Å². The molecule has 0 amide bonds. The van der Waals surface area contributed by atoms with E-state index in [1.54, 1.807) is 6.07 Å². The second kappa shape index (κ2) is 11.0. The first-order valence-electron chi connectivity index (χ1n) is 9.77. The number of esters is 2. The van der Waals surface area contributed by atoms with E-state index in [0.717, 1.165) is 38.0 Å². The smallest absolute Gasteiger partial charge is 0.338 e. The third kappa shape index (κ3) is 6.45. The molecule has 0 aliphatic carbocycles. The minimum atomic E-state index is -0.404. The molecule has 5 nitrogen and oxygen atoms in total. The fourth-order valence-corrected chi connectivity index (χ4v) is 3.36. The van der Waals surface area contributed by atoms with Crippen LogP contribution in [0.3, 0.4) is 0 Å². The average Bonchev–Trinajstić information content (AvgIpc) is 2.65. The van der Waals surface area contributed by atoms with E-state index in [0.29, 0.717) is 18.6 Å². The molecule has 1 fully saturated rings. The van der Waals surface area contributed by atoms with Crippen LogP contribution in [0.4, 0.5) is 0 Å². The summed E-state index contributed by atoms with van der Waals surface area (Å²) in [6.45, 7) is 6.82. The van der Waals surface area contributed by atoms with E-state index in [1.807, 2.05) is 18.2 Å². The molecule has 0 bridgehead atoms. The lowest BCUT2D eigenvalue weighted by atomic mass is 9.98. The molecule has 1 unspecified atom stereocenters. The summed E-state index contributed by atoms with van der Waals surface area (Å²) < 4.78 is 11.0. The van der Waals surface area contributed by atoms with Gasteiger partial charge in [0.2, 0.25) is 0 Å². The minimum absolute atomic E-state index is 0.334. The summed E-state index contributed by atoms with van der Waals surface area (Å²) in [5.74, 6) is -0.675. The van der Waals surface area contributed by atoms with Gasteiger partial charge in [-0.3, -0.25) is 9.69 Å². The molecule has 2 rings (SSSR count). The molecule has 1 aromatic carbocycles. The molecule has 0 radical (unpaired) electrons. The number of rotatable bonds is 9. The zero-order valence-corrected chi connectivity index (χ0v) is 16.0. The average molecular weight is 361 g/mol. The van der Waals surface area contributed by atoms with Gasteiger partial charge in [0.05, 0.1) is 5.56 Å². The topological polar surface area (TPSA) is 55.8 Å². The lowest BCUT2D eigenvalue weighted by molar-refractivity contribution is -0.147.